The monoisotopic (exact) mass is 348 g/mol. The third-order valence-electron chi connectivity index (χ3n) is 4.39. The lowest BCUT2D eigenvalue weighted by Crippen LogP contribution is -2.57. The summed E-state index contributed by atoms with van der Waals surface area (Å²) in [7, 11) is 0. The smallest absolute Gasteiger partial charge is 0.251 e. The van der Waals surface area contributed by atoms with Crippen molar-refractivity contribution in [3.63, 3.8) is 0 Å². The number of morpholine rings is 1. The maximum absolute atomic E-state index is 12.8. The lowest BCUT2D eigenvalue weighted by Gasteiger charge is -2.43. The summed E-state index contributed by atoms with van der Waals surface area (Å²) in [5.41, 5.74) is 0.450. The summed E-state index contributed by atoms with van der Waals surface area (Å²) in [6.07, 6.45) is -0.781. The Hall–Kier alpha value is -1.92. The first-order valence-corrected chi connectivity index (χ1v) is 8.63. The van der Waals surface area contributed by atoms with Crippen LogP contribution in [0.15, 0.2) is 30.3 Å². The van der Waals surface area contributed by atoms with E-state index in [0.717, 1.165) is 5.56 Å². The van der Waals surface area contributed by atoms with Gasteiger partial charge in [-0.05, 0) is 19.4 Å². The van der Waals surface area contributed by atoms with Gasteiger partial charge in [0, 0.05) is 24.6 Å². The zero-order valence-electron chi connectivity index (χ0n) is 15.4. The highest BCUT2D eigenvalue weighted by molar-refractivity contribution is 5.86. The molecule has 0 bridgehead atoms. The fourth-order valence-electron chi connectivity index (χ4n) is 2.92. The number of aliphatic hydroxyl groups excluding tert-OH is 1. The zero-order valence-corrected chi connectivity index (χ0v) is 15.4. The molecule has 2 N–H and O–H groups in total. The minimum Gasteiger partial charge on any atom is -0.396 e. The van der Waals surface area contributed by atoms with Crippen molar-refractivity contribution in [2.45, 2.75) is 45.9 Å². The number of aliphatic hydroxyl groups is 1. The molecule has 1 heterocycles. The third-order valence-corrected chi connectivity index (χ3v) is 4.39. The number of carbonyl (C=O) groups is 2. The summed E-state index contributed by atoms with van der Waals surface area (Å²) in [6, 6.07) is 8.95. The quantitative estimate of drug-likeness (QED) is 0.817. The van der Waals surface area contributed by atoms with Crippen LogP contribution in [-0.4, -0.2) is 53.7 Å². The second kappa shape index (κ2) is 7.97. The minimum atomic E-state index is -0.781. The van der Waals surface area contributed by atoms with Crippen LogP contribution in [0.5, 0.6) is 0 Å². The Kier molecular flexibility index (Phi) is 6.19. The number of ether oxygens (including phenoxy) is 1. The van der Waals surface area contributed by atoms with E-state index < -0.39 is 17.6 Å². The maximum atomic E-state index is 12.8. The molecule has 0 radical (unpaired) electrons. The fourth-order valence-corrected chi connectivity index (χ4v) is 2.92. The lowest BCUT2D eigenvalue weighted by atomic mass is 9.93. The van der Waals surface area contributed by atoms with E-state index in [9.17, 15) is 14.7 Å². The molecule has 0 aliphatic carbocycles. The first kappa shape index (κ1) is 19.4. The normalized spacial score (nSPS) is 21.5. The SMILES string of the molecule is CC(C)N1C(=O)CO[C@H](C(=O)NCC(C)(C)CO)[C@H]1c1ccccc1. The van der Waals surface area contributed by atoms with E-state index in [-0.39, 0.29) is 31.1 Å². The van der Waals surface area contributed by atoms with Gasteiger partial charge >= 0.3 is 0 Å². The molecule has 0 aromatic heterocycles. The Morgan fingerprint density at radius 3 is 2.56 bits per heavy atom. The average molecular weight is 348 g/mol. The molecule has 1 aromatic carbocycles. The molecule has 1 saturated heterocycles. The van der Waals surface area contributed by atoms with Crippen LogP contribution < -0.4 is 5.32 Å². The number of nitrogens with one attached hydrogen (secondary N) is 1. The molecule has 1 aliphatic rings. The summed E-state index contributed by atoms with van der Waals surface area (Å²) >= 11 is 0. The van der Waals surface area contributed by atoms with Crippen LogP contribution in [0.2, 0.25) is 0 Å². The van der Waals surface area contributed by atoms with E-state index in [1.54, 1.807) is 4.90 Å². The van der Waals surface area contributed by atoms with Gasteiger partial charge in [-0.2, -0.15) is 0 Å². The highest BCUT2D eigenvalue weighted by Crippen LogP contribution is 2.32. The molecular formula is C19H28N2O4. The topological polar surface area (TPSA) is 78.9 Å². The van der Waals surface area contributed by atoms with E-state index in [1.807, 2.05) is 58.0 Å². The standard InChI is InChI=1S/C19H28N2O4/c1-13(2)21-15(23)10-25-17(16(21)14-8-6-5-7-9-14)18(24)20-11-19(3,4)12-22/h5-9,13,16-17,22H,10-12H2,1-4H3,(H,20,24)/t16-,17+/m1/s1. The van der Waals surface area contributed by atoms with Crippen molar-refractivity contribution in [2.75, 3.05) is 19.8 Å². The van der Waals surface area contributed by atoms with E-state index >= 15 is 0 Å². The molecule has 0 unspecified atom stereocenters. The molecule has 6 heteroatoms. The Labute approximate surface area is 149 Å². The fraction of sp³-hybridized carbons (Fsp3) is 0.579. The number of amides is 2. The first-order chi connectivity index (χ1) is 11.8. The molecule has 1 aliphatic heterocycles. The minimum absolute atomic E-state index is 0.0302. The summed E-state index contributed by atoms with van der Waals surface area (Å²) in [5, 5.41) is 12.2. The number of nitrogens with zero attached hydrogens (tertiary/aromatic N) is 1. The molecular weight excluding hydrogens is 320 g/mol. The van der Waals surface area contributed by atoms with Crippen LogP contribution in [0.3, 0.4) is 0 Å². The van der Waals surface area contributed by atoms with Crippen molar-refractivity contribution in [3.8, 4) is 0 Å². The van der Waals surface area contributed by atoms with Gasteiger partial charge in [0.1, 0.15) is 6.61 Å². The Morgan fingerprint density at radius 1 is 1.36 bits per heavy atom. The van der Waals surface area contributed by atoms with Gasteiger partial charge in [-0.3, -0.25) is 9.59 Å². The second-order valence-corrected chi connectivity index (χ2v) is 7.52. The lowest BCUT2D eigenvalue weighted by molar-refractivity contribution is -0.167. The number of hydrogen-bond donors (Lipinski definition) is 2. The predicted octanol–water partition coefficient (Wildman–Crippen LogP) is 1.50. The maximum Gasteiger partial charge on any atom is 0.251 e. The summed E-state index contributed by atoms with van der Waals surface area (Å²) in [4.78, 5) is 26.9. The average Bonchev–Trinajstić information content (AvgIpc) is 2.60. The van der Waals surface area contributed by atoms with Crippen molar-refractivity contribution >= 4 is 11.8 Å². The molecule has 2 amide bonds. The van der Waals surface area contributed by atoms with Gasteiger partial charge < -0.3 is 20.1 Å². The molecule has 2 rings (SSSR count). The van der Waals surface area contributed by atoms with Gasteiger partial charge in [0.05, 0.1) is 6.04 Å². The van der Waals surface area contributed by atoms with Gasteiger partial charge in [0.25, 0.3) is 5.91 Å². The highest BCUT2D eigenvalue weighted by Gasteiger charge is 2.42. The summed E-state index contributed by atoms with van der Waals surface area (Å²) < 4.78 is 5.63. The van der Waals surface area contributed by atoms with E-state index in [1.165, 1.54) is 0 Å². The number of hydrogen-bond acceptors (Lipinski definition) is 4. The molecule has 0 saturated carbocycles. The Balaban J connectivity index is 2.27. The number of benzene rings is 1. The van der Waals surface area contributed by atoms with Crippen LogP contribution >= 0.6 is 0 Å². The van der Waals surface area contributed by atoms with E-state index in [2.05, 4.69) is 5.32 Å². The molecule has 138 valence electrons. The largest absolute Gasteiger partial charge is 0.396 e. The molecule has 0 spiro atoms. The van der Waals surface area contributed by atoms with Crippen LogP contribution in [0.4, 0.5) is 0 Å². The summed E-state index contributed by atoms with van der Waals surface area (Å²) in [5.74, 6) is -0.392. The van der Waals surface area contributed by atoms with Crippen molar-refractivity contribution in [2.24, 2.45) is 5.41 Å². The molecule has 6 nitrogen and oxygen atoms in total. The van der Waals surface area contributed by atoms with E-state index in [4.69, 9.17) is 4.74 Å². The highest BCUT2D eigenvalue weighted by atomic mass is 16.5. The van der Waals surface area contributed by atoms with Gasteiger partial charge in [-0.25, -0.2) is 0 Å². The van der Waals surface area contributed by atoms with Crippen molar-refractivity contribution < 1.29 is 19.4 Å². The molecule has 2 atom stereocenters. The molecule has 1 aromatic rings. The van der Waals surface area contributed by atoms with Crippen molar-refractivity contribution in [3.05, 3.63) is 35.9 Å². The van der Waals surface area contributed by atoms with Crippen LogP contribution in [0.1, 0.15) is 39.3 Å². The van der Waals surface area contributed by atoms with E-state index in [0.29, 0.717) is 6.54 Å². The van der Waals surface area contributed by atoms with Crippen molar-refractivity contribution in [1.82, 2.24) is 10.2 Å². The van der Waals surface area contributed by atoms with Gasteiger partial charge in [-0.1, -0.05) is 44.2 Å². The Bertz CT molecular complexity index is 601. The van der Waals surface area contributed by atoms with Gasteiger partial charge in [0.15, 0.2) is 6.10 Å². The van der Waals surface area contributed by atoms with Gasteiger partial charge in [0.2, 0.25) is 5.91 Å². The van der Waals surface area contributed by atoms with Crippen LogP contribution in [0, 0.1) is 5.41 Å². The van der Waals surface area contributed by atoms with Crippen LogP contribution in [-0.2, 0) is 14.3 Å². The predicted molar refractivity (Wildman–Crippen MR) is 94.8 cm³/mol. The Morgan fingerprint density at radius 2 is 2.00 bits per heavy atom. The second-order valence-electron chi connectivity index (χ2n) is 7.52. The zero-order chi connectivity index (χ0) is 18.6. The van der Waals surface area contributed by atoms with Crippen molar-refractivity contribution in [1.29, 1.82) is 0 Å². The number of rotatable bonds is 6. The molecule has 1 fully saturated rings. The molecule has 25 heavy (non-hydrogen) atoms. The third kappa shape index (κ3) is 4.58. The number of carbonyl (C=O) groups excluding carboxylic acids is 2. The van der Waals surface area contributed by atoms with Gasteiger partial charge in [-0.15, -0.1) is 0 Å². The van der Waals surface area contributed by atoms with Crippen LogP contribution in [0.25, 0.3) is 0 Å². The summed E-state index contributed by atoms with van der Waals surface area (Å²) in [6.45, 7) is 7.80. The first-order valence-electron chi connectivity index (χ1n) is 8.63.